The summed E-state index contributed by atoms with van der Waals surface area (Å²) in [5, 5.41) is 3.49. The number of nitrogens with zero attached hydrogens (tertiary/aromatic N) is 1. The highest BCUT2D eigenvalue weighted by atomic mass is 35.5. The Bertz CT molecular complexity index is 465. The molecule has 0 bridgehead atoms. The minimum atomic E-state index is -0.256. The van der Waals surface area contributed by atoms with Crippen LogP contribution in [-0.2, 0) is 11.2 Å². The summed E-state index contributed by atoms with van der Waals surface area (Å²) in [4.78, 5) is 14.2. The summed E-state index contributed by atoms with van der Waals surface area (Å²) in [6, 6.07) is 6.81. The van der Waals surface area contributed by atoms with E-state index in [0.717, 1.165) is 31.6 Å². The summed E-state index contributed by atoms with van der Waals surface area (Å²) in [6.07, 6.45) is 2.61. The maximum absolute atomic E-state index is 12.8. The van der Waals surface area contributed by atoms with Gasteiger partial charge in [0.2, 0.25) is 5.91 Å². The molecule has 2 heterocycles. The zero-order chi connectivity index (χ0) is 13.2. The van der Waals surface area contributed by atoms with Crippen molar-refractivity contribution in [1.82, 2.24) is 10.2 Å². The van der Waals surface area contributed by atoms with Crippen LogP contribution in [0.15, 0.2) is 24.3 Å². The van der Waals surface area contributed by atoms with Gasteiger partial charge in [-0.3, -0.25) is 4.79 Å². The molecule has 2 aliphatic heterocycles. The van der Waals surface area contributed by atoms with Crippen LogP contribution in [0.25, 0.3) is 0 Å². The van der Waals surface area contributed by atoms with Crippen LogP contribution in [0.1, 0.15) is 18.4 Å². The van der Waals surface area contributed by atoms with Gasteiger partial charge in [-0.1, -0.05) is 12.1 Å². The molecule has 0 radical (unpaired) electrons. The fourth-order valence-corrected chi connectivity index (χ4v) is 3.16. The summed E-state index contributed by atoms with van der Waals surface area (Å²) in [5.74, 6) is 0.525. The average Bonchev–Trinajstić information content (AvgIpc) is 2.88. The summed E-state index contributed by atoms with van der Waals surface area (Å²) >= 11 is 0. The van der Waals surface area contributed by atoms with Crippen molar-refractivity contribution in [3.05, 3.63) is 35.6 Å². The first-order valence-electron chi connectivity index (χ1n) is 6.98. The lowest BCUT2D eigenvalue weighted by Gasteiger charge is -2.35. The Hall–Kier alpha value is -1.13. The highest BCUT2D eigenvalue weighted by Gasteiger charge is 2.34. The fraction of sp³-hybridized carbons (Fsp3) is 0.533. The third-order valence-electron chi connectivity index (χ3n) is 4.28. The molecule has 0 saturated carbocycles. The molecule has 1 N–H and O–H groups in total. The number of likely N-dealkylation sites (tertiary alicyclic amines) is 1. The minimum absolute atomic E-state index is 0. The van der Waals surface area contributed by atoms with Gasteiger partial charge >= 0.3 is 0 Å². The third kappa shape index (κ3) is 3.30. The molecule has 3 nitrogen and oxygen atoms in total. The van der Waals surface area contributed by atoms with E-state index in [1.54, 1.807) is 12.1 Å². The van der Waals surface area contributed by atoms with E-state index in [1.165, 1.54) is 18.6 Å². The van der Waals surface area contributed by atoms with Gasteiger partial charge in [0, 0.05) is 19.1 Å². The van der Waals surface area contributed by atoms with Gasteiger partial charge in [0.1, 0.15) is 5.82 Å². The molecule has 2 fully saturated rings. The molecule has 20 heavy (non-hydrogen) atoms. The van der Waals surface area contributed by atoms with Crippen LogP contribution in [-0.4, -0.2) is 36.5 Å². The Morgan fingerprint density at radius 1 is 1.30 bits per heavy atom. The predicted octanol–water partition coefficient (Wildman–Crippen LogP) is 2.00. The Morgan fingerprint density at radius 2 is 2.05 bits per heavy atom. The van der Waals surface area contributed by atoms with E-state index in [-0.39, 0.29) is 24.1 Å². The number of amides is 1. The number of piperidine rings is 1. The first-order chi connectivity index (χ1) is 9.22. The molecular formula is C15H20ClFN2O. The van der Waals surface area contributed by atoms with Crippen molar-refractivity contribution in [2.75, 3.05) is 19.6 Å². The average molecular weight is 299 g/mol. The zero-order valence-electron chi connectivity index (χ0n) is 11.3. The molecule has 2 unspecified atom stereocenters. The first kappa shape index (κ1) is 15.3. The molecule has 0 aromatic heterocycles. The van der Waals surface area contributed by atoms with Crippen molar-refractivity contribution in [3.8, 4) is 0 Å². The number of nitrogens with one attached hydrogen (secondary N) is 1. The molecule has 0 spiro atoms. The molecule has 2 aliphatic rings. The van der Waals surface area contributed by atoms with Gasteiger partial charge in [-0.2, -0.15) is 0 Å². The lowest BCUT2D eigenvalue weighted by Crippen LogP contribution is -2.47. The Kier molecular flexibility index (Phi) is 5.00. The van der Waals surface area contributed by atoms with Crippen LogP contribution in [0.4, 0.5) is 4.39 Å². The first-order valence-corrected chi connectivity index (χ1v) is 6.98. The van der Waals surface area contributed by atoms with E-state index in [0.29, 0.717) is 18.4 Å². The van der Waals surface area contributed by atoms with E-state index < -0.39 is 0 Å². The Morgan fingerprint density at radius 3 is 2.80 bits per heavy atom. The second-order valence-corrected chi connectivity index (χ2v) is 5.54. The van der Waals surface area contributed by atoms with Crippen LogP contribution < -0.4 is 5.32 Å². The van der Waals surface area contributed by atoms with E-state index in [2.05, 4.69) is 5.32 Å². The van der Waals surface area contributed by atoms with Crippen molar-refractivity contribution in [1.29, 1.82) is 0 Å². The molecule has 2 atom stereocenters. The molecule has 3 rings (SSSR count). The van der Waals surface area contributed by atoms with Crippen LogP contribution in [0, 0.1) is 11.7 Å². The number of carbonyl (C=O) groups is 1. The van der Waals surface area contributed by atoms with Crippen LogP contribution in [0.3, 0.4) is 0 Å². The van der Waals surface area contributed by atoms with Gasteiger partial charge in [0.15, 0.2) is 0 Å². The van der Waals surface area contributed by atoms with Gasteiger partial charge in [-0.25, -0.2) is 4.39 Å². The quantitative estimate of drug-likeness (QED) is 0.906. The van der Waals surface area contributed by atoms with E-state index in [1.807, 2.05) is 4.90 Å². The van der Waals surface area contributed by atoms with Gasteiger partial charge in [-0.15, -0.1) is 12.4 Å². The maximum atomic E-state index is 12.8. The lowest BCUT2D eigenvalue weighted by molar-refractivity contribution is -0.132. The lowest BCUT2D eigenvalue weighted by atomic mass is 9.93. The normalized spacial score (nSPS) is 24.9. The van der Waals surface area contributed by atoms with E-state index >= 15 is 0 Å². The number of rotatable bonds is 2. The maximum Gasteiger partial charge on any atom is 0.227 e. The van der Waals surface area contributed by atoms with Gasteiger partial charge < -0.3 is 10.2 Å². The number of hydrogen-bond donors (Lipinski definition) is 1. The summed E-state index contributed by atoms with van der Waals surface area (Å²) in [7, 11) is 0. The molecule has 110 valence electrons. The largest absolute Gasteiger partial charge is 0.342 e. The zero-order valence-corrected chi connectivity index (χ0v) is 12.2. The monoisotopic (exact) mass is 298 g/mol. The number of benzene rings is 1. The predicted molar refractivity (Wildman–Crippen MR) is 78.4 cm³/mol. The molecule has 2 saturated heterocycles. The van der Waals surface area contributed by atoms with E-state index in [9.17, 15) is 9.18 Å². The second kappa shape index (κ2) is 6.55. The number of fused-ring (bicyclic) bond motifs is 1. The Balaban J connectivity index is 0.00000147. The molecule has 1 aromatic rings. The third-order valence-corrected chi connectivity index (χ3v) is 4.28. The van der Waals surface area contributed by atoms with Crippen molar-refractivity contribution in [3.63, 3.8) is 0 Å². The standard InChI is InChI=1S/C15H19FN2O.ClH/c16-13-3-1-11(2-4-13)9-15(19)18-8-6-14-12(10-18)5-7-17-14;/h1-4,12,14,17H,5-10H2;1H. The van der Waals surface area contributed by atoms with Gasteiger partial charge in [0.05, 0.1) is 6.42 Å². The van der Waals surface area contributed by atoms with Gasteiger partial charge in [0.25, 0.3) is 0 Å². The molecule has 0 aliphatic carbocycles. The number of hydrogen-bond acceptors (Lipinski definition) is 2. The summed E-state index contributed by atoms with van der Waals surface area (Å²) in [6.45, 7) is 2.79. The number of halogens is 2. The molecule has 1 aromatic carbocycles. The SMILES string of the molecule is Cl.O=C(Cc1ccc(F)cc1)N1CCC2NCCC2C1. The highest BCUT2D eigenvalue weighted by Crippen LogP contribution is 2.24. The summed E-state index contributed by atoms with van der Waals surface area (Å²) < 4.78 is 12.8. The topological polar surface area (TPSA) is 32.3 Å². The van der Waals surface area contributed by atoms with Crippen molar-refractivity contribution < 1.29 is 9.18 Å². The Labute approximate surface area is 124 Å². The molecular weight excluding hydrogens is 279 g/mol. The van der Waals surface area contributed by atoms with E-state index in [4.69, 9.17) is 0 Å². The molecule has 5 heteroatoms. The highest BCUT2D eigenvalue weighted by molar-refractivity contribution is 5.85. The van der Waals surface area contributed by atoms with Crippen LogP contribution >= 0.6 is 12.4 Å². The minimum Gasteiger partial charge on any atom is -0.342 e. The fourth-order valence-electron chi connectivity index (χ4n) is 3.16. The smallest absolute Gasteiger partial charge is 0.227 e. The van der Waals surface area contributed by atoms with Crippen LogP contribution in [0.5, 0.6) is 0 Å². The second-order valence-electron chi connectivity index (χ2n) is 5.54. The van der Waals surface area contributed by atoms with Crippen molar-refractivity contribution >= 4 is 18.3 Å². The summed E-state index contributed by atoms with van der Waals surface area (Å²) in [5.41, 5.74) is 0.887. The van der Waals surface area contributed by atoms with Crippen molar-refractivity contribution in [2.45, 2.75) is 25.3 Å². The van der Waals surface area contributed by atoms with Gasteiger partial charge in [-0.05, 0) is 43.0 Å². The number of carbonyl (C=O) groups excluding carboxylic acids is 1. The van der Waals surface area contributed by atoms with Crippen molar-refractivity contribution in [2.24, 2.45) is 5.92 Å². The van der Waals surface area contributed by atoms with Crippen LogP contribution in [0.2, 0.25) is 0 Å². The molecule has 1 amide bonds.